The van der Waals surface area contributed by atoms with Gasteiger partial charge >= 0.3 is 0 Å². The number of nitrogens with zero attached hydrogens (tertiary/aromatic N) is 1. The average molecular weight is 338 g/mol. The number of aliphatic hydroxyl groups excluding tert-OH is 1. The van der Waals surface area contributed by atoms with Crippen molar-refractivity contribution < 1.29 is 9.90 Å². The maximum absolute atomic E-state index is 12.9. The zero-order chi connectivity index (χ0) is 14.2. The molecule has 0 bridgehead atoms. The Balaban J connectivity index is 1.81. The lowest BCUT2D eigenvalue weighted by molar-refractivity contribution is -0.143. The summed E-state index contributed by atoms with van der Waals surface area (Å²) in [6.07, 6.45) is 4.21. The highest BCUT2D eigenvalue weighted by Gasteiger charge is 2.47. The van der Waals surface area contributed by atoms with Crippen molar-refractivity contribution in [1.29, 1.82) is 0 Å². The van der Waals surface area contributed by atoms with Crippen molar-refractivity contribution in [3.05, 3.63) is 34.3 Å². The van der Waals surface area contributed by atoms with Crippen LogP contribution >= 0.6 is 15.9 Å². The van der Waals surface area contributed by atoms with E-state index in [0.717, 1.165) is 29.3 Å². The molecule has 1 saturated carbocycles. The predicted octanol–water partition coefficient (Wildman–Crippen LogP) is 2.85. The monoisotopic (exact) mass is 337 g/mol. The SMILES string of the molecule is O=C(N1CCC(O)CC1)C1(c2ccc(Br)cc2)CCC1. The molecular formula is C16H20BrNO2. The summed E-state index contributed by atoms with van der Waals surface area (Å²) in [6, 6.07) is 8.17. The Labute approximate surface area is 128 Å². The number of rotatable bonds is 2. The number of piperidine rings is 1. The number of carbonyl (C=O) groups is 1. The summed E-state index contributed by atoms with van der Waals surface area (Å²) >= 11 is 3.45. The van der Waals surface area contributed by atoms with Crippen LogP contribution in [0.5, 0.6) is 0 Å². The van der Waals surface area contributed by atoms with Gasteiger partial charge in [0.1, 0.15) is 0 Å². The third-order valence-corrected chi connectivity index (χ3v) is 5.29. The highest BCUT2D eigenvalue weighted by molar-refractivity contribution is 9.10. The van der Waals surface area contributed by atoms with Crippen LogP contribution in [-0.2, 0) is 10.2 Å². The van der Waals surface area contributed by atoms with Crippen LogP contribution in [0.1, 0.15) is 37.7 Å². The van der Waals surface area contributed by atoms with Crippen LogP contribution in [0.3, 0.4) is 0 Å². The van der Waals surface area contributed by atoms with Gasteiger partial charge in [-0.15, -0.1) is 0 Å². The summed E-state index contributed by atoms with van der Waals surface area (Å²) in [5.41, 5.74) is 0.839. The van der Waals surface area contributed by atoms with E-state index in [1.165, 1.54) is 0 Å². The average Bonchev–Trinajstić information content (AvgIpc) is 2.40. The first-order valence-electron chi connectivity index (χ1n) is 7.35. The lowest BCUT2D eigenvalue weighted by Crippen LogP contribution is -2.53. The number of carbonyl (C=O) groups excluding carboxylic acids is 1. The molecule has 4 heteroatoms. The van der Waals surface area contributed by atoms with Crippen LogP contribution in [0.15, 0.2) is 28.7 Å². The molecule has 2 fully saturated rings. The highest BCUT2D eigenvalue weighted by Crippen LogP contribution is 2.45. The van der Waals surface area contributed by atoms with Crippen LogP contribution in [0.2, 0.25) is 0 Å². The predicted molar refractivity (Wildman–Crippen MR) is 81.5 cm³/mol. The molecule has 0 spiro atoms. The van der Waals surface area contributed by atoms with Gasteiger partial charge in [0.05, 0.1) is 11.5 Å². The van der Waals surface area contributed by atoms with E-state index in [1.54, 1.807) is 0 Å². The lowest BCUT2D eigenvalue weighted by atomic mass is 9.63. The Kier molecular flexibility index (Phi) is 3.87. The number of likely N-dealkylation sites (tertiary alicyclic amines) is 1. The first-order chi connectivity index (χ1) is 9.62. The number of hydrogen-bond donors (Lipinski definition) is 1. The molecule has 0 radical (unpaired) electrons. The van der Waals surface area contributed by atoms with Crippen molar-refractivity contribution in [2.24, 2.45) is 0 Å². The normalized spacial score (nSPS) is 22.4. The number of aliphatic hydroxyl groups is 1. The molecule has 0 unspecified atom stereocenters. The zero-order valence-corrected chi connectivity index (χ0v) is 13.1. The van der Waals surface area contributed by atoms with Crippen LogP contribution in [0.4, 0.5) is 0 Å². The van der Waals surface area contributed by atoms with Crippen molar-refractivity contribution >= 4 is 21.8 Å². The van der Waals surface area contributed by atoms with E-state index < -0.39 is 0 Å². The molecule has 2 aliphatic rings. The van der Waals surface area contributed by atoms with Gasteiger partial charge in [-0.1, -0.05) is 34.5 Å². The molecule has 108 valence electrons. The van der Waals surface area contributed by atoms with E-state index in [0.29, 0.717) is 25.9 Å². The molecule has 3 rings (SSSR count). The van der Waals surface area contributed by atoms with E-state index >= 15 is 0 Å². The van der Waals surface area contributed by atoms with Crippen LogP contribution < -0.4 is 0 Å². The fourth-order valence-electron chi connectivity index (χ4n) is 3.30. The molecule has 20 heavy (non-hydrogen) atoms. The molecule has 1 saturated heterocycles. The van der Waals surface area contributed by atoms with Crippen LogP contribution in [0.25, 0.3) is 0 Å². The Morgan fingerprint density at radius 2 is 1.80 bits per heavy atom. The van der Waals surface area contributed by atoms with Gasteiger partial charge in [-0.25, -0.2) is 0 Å². The van der Waals surface area contributed by atoms with Gasteiger partial charge in [-0.05, 0) is 43.4 Å². The first-order valence-corrected chi connectivity index (χ1v) is 8.15. The Morgan fingerprint density at radius 1 is 1.20 bits per heavy atom. The summed E-state index contributed by atoms with van der Waals surface area (Å²) in [4.78, 5) is 14.9. The Bertz CT molecular complexity index is 488. The molecule has 3 nitrogen and oxygen atoms in total. The Morgan fingerprint density at radius 3 is 2.30 bits per heavy atom. The third kappa shape index (κ3) is 2.40. The largest absolute Gasteiger partial charge is 0.393 e. The topological polar surface area (TPSA) is 40.5 Å². The lowest BCUT2D eigenvalue weighted by Gasteiger charge is -2.45. The molecule has 0 atom stereocenters. The van der Waals surface area contributed by atoms with Gasteiger partial charge in [0, 0.05) is 17.6 Å². The maximum atomic E-state index is 12.9. The van der Waals surface area contributed by atoms with Gasteiger partial charge in [0.2, 0.25) is 5.91 Å². The molecule has 1 aromatic carbocycles. The smallest absolute Gasteiger partial charge is 0.233 e. The summed E-state index contributed by atoms with van der Waals surface area (Å²) < 4.78 is 1.05. The molecular weight excluding hydrogens is 318 g/mol. The second-order valence-corrected chi connectivity index (χ2v) is 6.88. The minimum Gasteiger partial charge on any atom is -0.393 e. The van der Waals surface area contributed by atoms with E-state index in [2.05, 4.69) is 28.1 Å². The van der Waals surface area contributed by atoms with E-state index in [9.17, 15) is 9.90 Å². The number of benzene rings is 1. The maximum Gasteiger partial charge on any atom is 0.233 e. The van der Waals surface area contributed by atoms with Crippen molar-refractivity contribution in [3.8, 4) is 0 Å². The molecule has 1 amide bonds. The highest BCUT2D eigenvalue weighted by atomic mass is 79.9. The number of amides is 1. The van der Waals surface area contributed by atoms with E-state index in [-0.39, 0.29) is 17.4 Å². The molecule has 0 aromatic heterocycles. The zero-order valence-electron chi connectivity index (χ0n) is 11.5. The quantitative estimate of drug-likeness (QED) is 0.901. The minimum atomic E-state index is -0.303. The number of halogens is 1. The molecule has 1 aromatic rings. The molecule has 1 heterocycles. The summed E-state index contributed by atoms with van der Waals surface area (Å²) in [6.45, 7) is 1.39. The van der Waals surface area contributed by atoms with Gasteiger partial charge in [-0.2, -0.15) is 0 Å². The Hall–Kier alpha value is -0.870. The van der Waals surface area contributed by atoms with Crippen molar-refractivity contribution in [2.45, 2.75) is 43.6 Å². The van der Waals surface area contributed by atoms with E-state index in [4.69, 9.17) is 0 Å². The summed E-state index contributed by atoms with van der Waals surface area (Å²) in [7, 11) is 0. The first kappa shape index (κ1) is 14.1. The van der Waals surface area contributed by atoms with Crippen molar-refractivity contribution in [3.63, 3.8) is 0 Å². The summed E-state index contributed by atoms with van der Waals surface area (Å²) in [5.74, 6) is 0.262. The summed E-state index contributed by atoms with van der Waals surface area (Å²) in [5, 5.41) is 9.59. The van der Waals surface area contributed by atoms with Gasteiger partial charge in [-0.3, -0.25) is 4.79 Å². The van der Waals surface area contributed by atoms with E-state index in [1.807, 2.05) is 17.0 Å². The molecule has 1 aliphatic heterocycles. The van der Waals surface area contributed by atoms with Gasteiger partial charge in [0.25, 0.3) is 0 Å². The van der Waals surface area contributed by atoms with Gasteiger partial charge < -0.3 is 10.0 Å². The van der Waals surface area contributed by atoms with Gasteiger partial charge in [0.15, 0.2) is 0 Å². The fourth-order valence-corrected chi connectivity index (χ4v) is 3.56. The van der Waals surface area contributed by atoms with Crippen LogP contribution in [-0.4, -0.2) is 35.1 Å². The second kappa shape index (κ2) is 5.49. The van der Waals surface area contributed by atoms with Crippen LogP contribution in [0, 0.1) is 0 Å². The third-order valence-electron chi connectivity index (χ3n) is 4.76. The fraction of sp³-hybridized carbons (Fsp3) is 0.562. The van der Waals surface area contributed by atoms with Crippen molar-refractivity contribution in [2.75, 3.05) is 13.1 Å². The molecule has 1 N–H and O–H groups in total. The second-order valence-electron chi connectivity index (χ2n) is 5.97. The minimum absolute atomic E-state index is 0.232. The van der Waals surface area contributed by atoms with Crippen molar-refractivity contribution in [1.82, 2.24) is 4.90 Å². The number of hydrogen-bond acceptors (Lipinski definition) is 2. The molecule has 1 aliphatic carbocycles. The standard InChI is InChI=1S/C16H20BrNO2/c17-13-4-2-12(3-5-13)16(8-1-9-16)15(20)18-10-6-14(19)7-11-18/h2-5,14,19H,1,6-11H2.